The molecule has 0 spiro atoms. The van der Waals surface area contributed by atoms with Crippen molar-refractivity contribution in [2.24, 2.45) is 4.99 Å². The van der Waals surface area contributed by atoms with Gasteiger partial charge in [0.25, 0.3) is 5.69 Å². The second-order valence-electron chi connectivity index (χ2n) is 7.83. The number of cyclic esters (lactones) is 1. The summed E-state index contributed by atoms with van der Waals surface area (Å²) in [5, 5.41) is 11.2. The maximum atomic E-state index is 12.6. The van der Waals surface area contributed by atoms with Gasteiger partial charge in [-0.1, -0.05) is 23.8 Å². The summed E-state index contributed by atoms with van der Waals surface area (Å²) < 4.78 is 16.9. The van der Waals surface area contributed by atoms with E-state index in [1.54, 1.807) is 37.3 Å². The fourth-order valence-corrected chi connectivity index (χ4v) is 4.23. The third-order valence-corrected chi connectivity index (χ3v) is 6.19. The number of methoxy groups -OCH3 is 1. The van der Waals surface area contributed by atoms with E-state index in [0.29, 0.717) is 31.6 Å². The van der Waals surface area contributed by atoms with Gasteiger partial charge in [-0.3, -0.25) is 10.1 Å². The molecular formula is C26H19IN2O7. The van der Waals surface area contributed by atoms with Crippen molar-refractivity contribution in [1.29, 1.82) is 0 Å². The summed E-state index contributed by atoms with van der Waals surface area (Å²) in [4.78, 5) is 40.1. The minimum atomic E-state index is -0.695. The Bertz CT molecular complexity index is 1460. The van der Waals surface area contributed by atoms with Crippen molar-refractivity contribution >= 4 is 52.2 Å². The summed E-state index contributed by atoms with van der Waals surface area (Å²) in [6.07, 6.45) is 1.50. The number of hydrogen-bond donors (Lipinski definition) is 0. The molecule has 3 aromatic carbocycles. The van der Waals surface area contributed by atoms with Gasteiger partial charge in [-0.2, -0.15) is 0 Å². The number of esters is 2. The van der Waals surface area contributed by atoms with Crippen molar-refractivity contribution in [3.8, 4) is 11.5 Å². The number of benzene rings is 3. The van der Waals surface area contributed by atoms with E-state index < -0.39 is 16.9 Å². The molecule has 0 amide bonds. The third kappa shape index (κ3) is 5.13. The van der Waals surface area contributed by atoms with E-state index in [0.717, 1.165) is 5.56 Å². The second kappa shape index (κ2) is 10.3. The smallest absolute Gasteiger partial charge is 0.363 e. The highest BCUT2D eigenvalue weighted by Crippen LogP contribution is 2.36. The number of aliphatic imine (C=N–C) groups is 1. The second-order valence-corrected chi connectivity index (χ2v) is 8.99. The normalized spacial score (nSPS) is 13.8. The van der Waals surface area contributed by atoms with Gasteiger partial charge < -0.3 is 14.2 Å². The molecule has 0 N–H and O–H groups in total. The molecule has 182 valence electrons. The lowest BCUT2D eigenvalue weighted by atomic mass is 10.1. The average Bonchev–Trinajstić information content (AvgIpc) is 3.20. The first-order chi connectivity index (χ1) is 17.2. The number of nitro benzene ring substituents is 1. The van der Waals surface area contributed by atoms with Gasteiger partial charge >= 0.3 is 11.9 Å². The predicted molar refractivity (Wildman–Crippen MR) is 140 cm³/mol. The molecule has 0 radical (unpaired) electrons. The molecule has 0 saturated carbocycles. The minimum absolute atomic E-state index is 0.0122. The number of ether oxygens (including phenoxy) is 3. The molecule has 3 aromatic rings. The lowest BCUT2D eigenvalue weighted by Crippen LogP contribution is -2.10. The number of hydrogen-bond acceptors (Lipinski definition) is 8. The Labute approximate surface area is 219 Å². The Morgan fingerprint density at radius 3 is 2.53 bits per heavy atom. The lowest BCUT2D eigenvalue weighted by molar-refractivity contribution is -0.385. The number of nitrogens with zero attached hydrogens (tertiary/aromatic N) is 2. The first-order valence-electron chi connectivity index (χ1n) is 10.6. The lowest BCUT2D eigenvalue weighted by Gasteiger charge is -2.12. The van der Waals surface area contributed by atoms with Gasteiger partial charge in [-0.25, -0.2) is 14.6 Å². The summed E-state index contributed by atoms with van der Waals surface area (Å²) in [5.74, 6) is -0.702. The maximum absolute atomic E-state index is 12.6. The monoisotopic (exact) mass is 598 g/mol. The Morgan fingerprint density at radius 2 is 1.86 bits per heavy atom. The highest BCUT2D eigenvalue weighted by atomic mass is 127. The van der Waals surface area contributed by atoms with E-state index in [9.17, 15) is 19.7 Å². The maximum Gasteiger partial charge on any atom is 0.363 e. The summed E-state index contributed by atoms with van der Waals surface area (Å²) in [6, 6.07) is 14.8. The number of rotatable bonds is 6. The van der Waals surface area contributed by atoms with Crippen LogP contribution in [0.4, 0.5) is 5.69 Å². The predicted octanol–water partition coefficient (Wildman–Crippen LogP) is 5.39. The SMILES string of the molecule is COc1cc(/C=C2\N=C(c3cccc([N+](=O)[O-])c3C)OC2=O)cc(I)c1OC(=O)c1ccc(C)cc1. The fraction of sp³-hybridized carbons (Fsp3) is 0.115. The van der Waals surface area contributed by atoms with Crippen LogP contribution in [-0.2, 0) is 9.53 Å². The van der Waals surface area contributed by atoms with E-state index in [2.05, 4.69) is 4.99 Å². The Morgan fingerprint density at radius 1 is 1.14 bits per heavy atom. The van der Waals surface area contributed by atoms with Gasteiger partial charge in [0.2, 0.25) is 5.90 Å². The number of carbonyl (C=O) groups is 2. The quantitative estimate of drug-likeness (QED) is 0.0933. The fourth-order valence-electron chi connectivity index (χ4n) is 3.50. The molecular weight excluding hydrogens is 579 g/mol. The summed E-state index contributed by atoms with van der Waals surface area (Å²) in [7, 11) is 1.44. The van der Waals surface area contributed by atoms with E-state index in [4.69, 9.17) is 14.2 Å². The zero-order valence-electron chi connectivity index (χ0n) is 19.4. The summed E-state index contributed by atoms with van der Waals surface area (Å²) >= 11 is 2.01. The van der Waals surface area contributed by atoms with Crippen LogP contribution in [0.3, 0.4) is 0 Å². The number of nitro groups is 1. The van der Waals surface area contributed by atoms with Crippen molar-refractivity contribution < 1.29 is 28.7 Å². The van der Waals surface area contributed by atoms with Crippen LogP contribution in [0.15, 0.2) is 65.3 Å². The first-order valence-corrected chi connectivity index (χ1v) is 11.7. The molecule has 10 heteroatoms. The van der Waals surface area contributed by atoms with Gasteiger partial charge in [0.1, 0.15) is 0 Å². The van der Waals surface area contributed by atoms with Gasteiger partial charge in [0.05, 0.1) is 21.2 Å². The van der Waals surface area contributed by atoms with Crippen LogP contribution in [0.2, 0.25) is 0 Å². The van der Waals surface area contributed by atoms with Gasteiger partial charge in [-0.05, 0) is 78.4 Å². The molecule has 4 rings (SSSR count). The van der Waals surface area contributed by atoms with E-state index in [1.165, 1.54) is 25.3 Å². The van der Waals surface area contributed by atoms with Crippen LogP contribution in [0.1, 0.15) is 32.6 Å². The van der Waals surface area contributed by atoms with Crippen molar-refractivity contribution in [1.82, 2.24) is 0 Å². The molecule has 1 heterocycles. The van der Waals surface area contributed by atoms with Crippen molar-refractivity contribution in [3.63, 3.8) is 0 Å². The Balaban J connectivity index is 1.65. The van der Waals surface area contributed by atoms with Gasteiger partial charge in [-0.15, -0.1) is 0 Å². The van der Waals surface area contributed by atoms with E-state index in [-0.39, 0.29) is 23.0 Å². The molecule has 0 bridgehead atoms. The van der Waals surface area contributed by atoms with Crippen molar-refractivity contribution in [2.75, 3.05) is 7.11 Å². The number of aryl methyl sites for hydroxylation is 1. The average molecular weight is 598 g/mol. The molecule has 1 aliphatic heterocycles. The molecule has 0 aliphatic carbocycles. The molecule has 0 unspecified atom stereocenters. The Hall–Kier alpha value is -4.06. The summed E-state index contributed by atoms with van der Waals surface area (Å²) in [6.45, 7) is 3.49. The molecule has 9 nitrogen and oxygen atoms in total. The van der Waals surface area contributed by atoms with E-state index in [1.807, 2.05) is 41.6 Å². The summed E-state index contributed by atoms with van der Waals surface area (Å²) in [5.41, 5.74) is 2.58. The minimum Gasteiger partial charge on any atom is -0.493 e. The molecule has 36 heavy (non-hydrogen) atoms. The number of carbonyl (C=O) groups excluding carboxylic acids is 2. The van der Waals surface area contributed by atoms with Gasteiger partial charge in [0, 0.05) is 17.2 Å². The van der Waals surface area contributed by atoms with Crippen LogP contribution in [0.25, 0.3) is 6.08 Å². The Kier molecular flexibility index (Phi) is 7.15. The van der Waals surface area contributed by atoms with Crippen LogP contribution in [-0.4, -0.2) is 29.9 Å². The molecule has 0 atom stereocenters. The van der Waals surface area contributed by atoms with Crippen LogP contribution < -0.4 is 9.47 Å². The zero-order chi connectivity index (χ0) is 26.0. The molecule has 0 aromatic heterocycles. The molecule has 1 aliphatic rings. The van der Waals surface area contributed by atoms with E-state index >= 15 is 0 Å². The van der Waals surface area contributed by atoms with Crippen LogP contribution in [0.5, 0.6) is 11.5 Å². The van der Waals surface area contributed by atoms with Crippen LogP contribution in [0, 0.1) is 27.5 Å². The van der Waals surface area contributed by atoms with Crippen molar-refractivity contribution in [3.05, 3.63) is 102 Å². The molecule has 0 saturated heterocycles. The largest absolute Gasteiger partial charge is 0.493 e. The number of halogens is 1. The van der Waals surface area contributed by atoms with Crippen molar-refractivity contribution in [2.45, 2.75) is 13.8 Å². The topological polar surface area (TPSA) is 117 Å². The standard InChI is InChI=1S/C26H19IN2O7/c1-14-7-9-17(10-8-14)25(30)35-23-19(27)11-16(13-22(23)34-3)12-20-26(31)36-24(28-20)18-5-4-6-21(15(18)2)29(32)33/h4-13H,1-3H3/b20-12-. The van der Waals surface area contributed by atoms with Crippen LogP contribution >= 0.6 is 22.6 Å². The van der Waals surface area contributed by atoms with Gasteiger partial charge in [0.15, 0.2) is 17.2 Å². The first kappa shape index (κ1) is 25.0. The highest BCUT2D eigenvalue weighted by molar-refractivity contribution is 14.1. The highest BCUT2D eigenvalue weighted by Gasteiger charge is 2.28. The zero-order valence-corrected chi connectivity index (χ0v) is 21.6. The molecule has 0 fully saturated rings. The third-order valence-electron chi connectivity index (χ3n) is 5.39.